The van der Waals surface area contributed by atoms with Gasteiger partial charge < -0.3 is 4.74 Å². The molecule has 0 aliphatic heterocycles. The van der Waals surface area contributed by atoms with Crippen LogP contribution in [0.1, 0.15) is 88.4 Å². The van der Waals surface area contributed by atoms with E-state index in [9.17, 15) is 14.4 Å². The summed E-state index contributed by atoms with van der Waals surface area (Å²) in [6.07, 6.45) is 8.50. The van der Waals surface area contributed by atoms with Crippen molar-refractivity contribution in [1.29, 1.82) is 0 Å². The fourth-order valence-corrected chi connectivity index (χ4v) is 2.95. The molecule has 0 fully saturated rings. The summed E-state index contributed by atoms with van der Waals surface area (Å²) < 4.78 is 4.75. The number of unbranched alkanes of at least 4 members (excludes halogenated alkanes) is 6. The Bertz CT molecular complexity index is 588. The summed E-state index contributed by atoms with van der Waals surface area (Å²) in [5.74, 6) is -0.884. The van der Waals surface area contributed by atoms with Gasteiger partial charge in [0.1, 0.15) is 0 Å². The lowest BCUT2D eigenvalue weighted by Gasteiger charge is -2.22. The number of methoxy groups -OCH3 is 1. The Kier molecular flexibility index (Phi) is 11.1. The average Bonchev–Trinajstić information content (AvgIpc) is 2.68. The lowest BCUT2D eigenvalue weighted by Crippen LogP contribution is -2.37. The quantitative estimate of drug-likeness (QED) is 0.368. The Morgan fingerprint density at radius 1 is 0.852 bits per heavy atom. The molecule has 0 saturated heterocycles. The van der Waals surface area contributed by atoms with E-state index in [0.29, 0.717) is 24.1 Å². The van der Waals surface area contributed by atoms with Crippen molar-refractivity contribution in [2.24, 2.45) is 0 Å². The van der Waals surface area contributed by atoms with Crippen LogP contribution in [-0.2, 0) is 14.3 Å². The van der Waals surface area contributed by atoms with Crippen LogP contribution in [0.2, 0.25) is 0 Å². The van der Waals surface area contributed by atoms with Crippen molar-refractivity contribution in [2.75, 3.05) is 12.0 Å². The summed E-state index contributed by atoms with van der Waals surface area (Å²) in [6, 6.07) is 6.54. The monoisotopic (exact) mass is 375 g/mol. The molecule has 0 saturated carbocycles. The highest BCUT2D eigenvalue weighted by atomic mass is 16.5. The fourth-order valence-electron chi connectivity index (χ4n) is 2.95. The van der Waals surface area contributed by atoms with E-state index in [0.717, 1.165) is 51.4 Å². The lowest BCUT2D eigenvalue weighted by molar-refractivity contribution is -0.126. The van der Waals surface area contributed by atoms with E-state index < -0.39 is 5.97 Å². The molecule has 1 aromatic carbocycles. The Balaban J connectivity index is 2.94. The normalized spacial score (nSPS) is 10.5. The molecular weight excluding hydrogens is 342 g/mol. The van der Waals surface area contributed by atoms with Gasteiger partial charge in [0.25, 0.3) is 0 Å². The lowest BCUT2D eigenvalue weighted by atomic mass is 10.1. The predicted molar refractivity (Wildman–Crippen MR) is 108 cm³/mol. The Hall–Kier alpha value is -2.17. The van der Waals surface area contributed by atoms with Gasteiger partial charge in [-0.25, -0.2) is 4.79 Å². The van der Waals surface area contributed by atoms with Crippen LogP contribution in [-0.4, -0.2) is 24.9 Å². The molecule has 150 valence electrons. The number of carbonyl (C=O) groups excluding carboxylic acids is 3. The van der Waals surface area contributed by atoms with Gasteiger partial charge in [0, 0.05) is 12.8 Å². The van der Waals surface area contributed by atoms with Crippen molar-refractivity contribution in [3.63, 3.8) is 0 Å². The van der Waals surface area contributed by atoms with E-state index in [1.54, 1.807) is 24.3 Å². The second-order valence-electron chi connectivity index (χ2n) is 6.79. The Labute approximate surface area is 163 Å². The highest BCUT2D eigenvalue weighted by Crippen LogP contribution is 2.21. The number of hydrogen-bond donors (Lipinski definition) is 0. The van der Waals surface area contributed by atoms with E-state index in [1.165, 1.54) is 12.0 Å². The molecule has 0 bridgehead atoms. The molecule has 2 amide bonds. The zero-order valence-electron chi connectivity index (χ0n) is 17.0. The van der Waals surface area contributed by atoms with Crippen molar-refractivity contribution in [3.05, 3.63) is 29.8 Å². The van der Waals surface area contributed by atoms with E-state index in [4.69, 9.17) is 4.74 Å². The molecule has 0 N–H and O–H groups in total. The summed E-state index contributed by atoms with van der Waals surface area (Å²) in [5, 5.41) is 0. The van der Waals surface area contributed by atoms with Crippen LogP contribution >= 0.6 is 0 Å². The van der Waals surface area contributed by atoms with Gasteiger partial charge in [-0.05, 0) is 31.0 Å². The summed E-state index contributed by atoms with van der Waals surface area (Å²) in [6.45, 7) is 4.23. The predicted octanol–water partition coefficient (Wildman–Crippen LogP) is 5.27. The van der Waals surface area contributed by atoms with Gasteiger partial charge in [-0.1, -0.05) is 58.4 Å². The number of rotatable bonds is 12. The van der Waals surface area contributed by atoms with E-state index in [2.05, 4.69) is 13.8 Å². The number of hydrogen-bond acceptors (Lipinski definition) is 4. The van der Waals surface area contributed by atoms with Crippen LogP contribution in [0.25, 0.3) is 0 Å². The van der Waals surface area contributed by atoms with Crippen molar-refractivity contribution < 1.29 is 19.1 Å². The van der Waals surface area contributed by atoms with Crippen LogP contribution in [0.5, 0.6) is 0 Å². The van der Waals surface area contributed by atoms with Crippen LogP contribution in [0, 0.1) is 0 Å². The van der Waals surface area contributed by atoms with Crippen LogP contribution in [0.3, 0.4) is 0 Å². The number of imide groups is 1. The Morgan fingerprint density at radius 2 is 1.41 bits per heavy atom. The highest BCUT2D eigenvalue weighted by Gasteiger charge is 2.23. The molecular formula is C22H33NO4. The summed E-state index contributed by atoms with van der Waals surface area (Å²) in [7, 11) is 1.31. The summed E-state index contributed by atoms with van der Waals surface area (Å²) >= 11 is 0. The average molecular weight is 376 g/mol. The number of amides is 2. The first-order chi connectivity index (χ1) is 13.0. The topological polar surface area (TPSA) is 63.7 Å². The van der Waals surface area contributed by atoms with Gasteiger partial charge in [0.15, 0.2) is 0 Å². The molecule has 0 heterocycles. The third kappa shape index (κ3) is 7.94. The first-order valence-electron chi connectivity index (χ1n) is 10.1. The standard InChI is InChI=1S/C22H33NO4/c1-4-6-8-10-15-20(24)23(21(25)16-11-9-7-5-2)19-14-12-13-18(17-19)22(26)27-3/h12-14,17H,4-11,15-16H2,1-3H3. The molecule has 1 aromatic rings. The van der Waals surface area contributed by atoms with E-state index in [1.807, 2.05) is 0 Å². The number of ether oxygens (including phenoxy) is 1. The third-order valence-electron chi connectivity index (χ3n) is 4.51. The minimum atomic E-state index is -0.484. The van der Waals surface area contributed by atoms with Crippen LogP contribution in [0.15, 0.2) is 24.3 Å². The molecule has 0 unspecified atom stereocenters. The second kappa shape index (κ2) is 13.1. The largest absolute Gasteiger partial charge is 0.465 e. The molecule has 0 aromatic heterocycles. The fraction of sp³-hybridized carbons (Fsp3) is 0.591. The minimum absolute atomic E-state index is 0.200. The molecule has 0 spiro atoms. The van der Waals surface area contributed by atoms with E-state index >= 15 is 0 Å². The maximum atomic E-state index is 12.8. The molecule has 0 atom stereocenters. The van der Waals surface area contributed by atoms with Gasteiger partial charge in [0.2, 0.25) is 11.8 Å². The van der Waals surface area contributed by atoms with E-state index in [-0.39, 0.29) is 11.8 Å². The van der Waals surface area contributed by atoms with Crippen molar-refractivity contribution in [1.82, 2.24) is 0 Å². The maximum absolute atomic E-state index is 12.8. The molecule has 0 radical (unpaired) electrons. The summed E-state index contributed by atoms with van der Waals surface area (Å²) in [4.78, 5) is 38.6. The Morgan fingerprint density at radius 3 is 1.89 bits per heavy atom. The summed E-state index contributed by atoms with van der Waals surface area (Å²) in [5.41, 5.74) is 0.774. The number of nitrogens with zero attached hydrogens (tertiary/aromatic N) is 1. The molecule has 5 heteroatoms. The minimum Gasteiger partial charge on any atom is -0.465 e. The SMILES string of the molecule is CCCCCCC(=O)N(C(=O)CCCCCC)c1cccc(C(=O)OC)c1. The molecule has 0 aliphatic rings. The highest BCUT2D eigenvalue weighted by molar-refractivity contribution is 6.15. The first kappa shape index (κ1) is 22.9. The molecule has 5 nitrogen and oxygen atoms in total. The number of esters is 1. The maximum Gasteiger partial charge on any atom is 0.337 e. The first-order valence-corrected chi connectivity index (χ1v) is 10.1. The van der Waals surface area contributed by atoms with Crippen LogP contribution < -0.4 is 4.90 Å². The molecule has 1 rings (SSSR count). The van der Waals surface area contributed by atoms with Gasteiger partial charge in [-0.2, -0.15) is 0 Å². The van der Waals surface area contributed by atoms with Gasteiger partial charge >= 0.3 is 5.97 Å². The van der Waals surface area contributed by atoms with Gasteiger partial charge in [-0.15, -0.1) is 0 Å². The molecule has 27 heavy (non-hydrogen) atoms. The number of benzene rings is 1. The number of carbonyl (C=O) groups is 3. The smallest absolute Gasteiger partial charge is 0.337 e. The third-order valence-corrected chi connectivity index (χ3v) is 4.51. The number of anilines is 1. The zero-order valence-corrected chi connectivity index (χ0v) is 17.0. The zero-order chi connectivity index (χ0) is 20.1. The van der Waals surface area contributed by atoms with Gasteiger partial charge in [-0.3, -0.25) is 14.5 Å². The molecule has 0 aliphatic carbocycles. The van der Waals surface area contributed by atoms with Gasteiger partial charge in [0.05, 0.1) is 18.4 Å². The van der Waals surface area contributed by atoms with Crippen molar-refractivity contribution >= 4 is 23.5 Å². The van der Waals surface area contributed by atoms with Crippen molar-refractivity contribution in [3.8, 4) is 0 Å². The van der Waals surface area contributed by atoms with Crippen molar-refractivity contribution in [2.45, 2.75) is 78.1 Å². The van der Waals surface area contributed by atoms with Crippen LogP contribution in [0.4, 0.5) is 5.69 Å². The second-order valence-corrected chi connectivity index (χ2v) is 6.79.